The highest BCUT2D eigenvalue weighted by molar-refractivity contribution is 9.09. The van der Waals surface area contributed by atoms with E-state index in [1.165, 1.54) is 44.9 Å². The van der Waals surface area contributed by atoms with Crippen molar-refractivity contribution < 1.29 is 4.43 Å². The summed E-state index contributed by atoms with van der Waals surface area (Å²) in [6.07, 6.45) is 9.53. The van der Waals surface area contributed by atoms with Crippen molar-refractivity contribution in [2.75, 3.05) is 11.9 Å². The van der Waals surface area contributed by atoms with Crippen LogP contribution in [0.4, 0.5) is 0 Å². The van der Waals surface area contributed by atoms with Crippen molar-refractivity contribution in [3.05, 3.63) is 0 Å². The van der Waals surface area contributed by atoms with Crippen LogP contribution in [0.3, 0.4) is 0 Å². The van der Waals surface area contributed by atoms with Crippen LogP contribution in [0.5, 0.6) is 0 Å². The minimum Gasteiger partial charge on any atom is -0.423 e. The summed E-state index contributed by atoms with van der Waals surface area (Å²) in [7, 11) is -0.364. The molecule has 0 atom stereocenters. The van der Waals surface area contributed by atoms with Gasteiger partial charge >= 0.3 is 23.1 Å². The molecule has 0 aromatic rings. The summed E-state index contributed by atoms with van der Waals surface area (Å²) in [5.74, 6) is 0.749. The zero-order valence-corrected chi connectivity index (χ0v) is 15.9. The molecule has 114 valence electrons. The minimum absolute atomic E-state index is 0. The Hall–Kier alpha value is 1.42. The lowest BCUT2D eigenvalue weighted by atomic mass is 9.99. The summed E-state index contributed by atoms with van der Waals surface area (Å²) in [6, 6.07) is 0. The van der Waals surface area contributed by atoms with E-state index in [4.69, 9.17) is 4.43 Å². The lowest BCUT2D eigenvalue weighted by molar-refractivity contribution is 0.291. The molecule has 0 saturated carbocycles. The Balaban J connectivity index is 0. The van der Waals surface area contributed by atoms with Crippen molar-refractivity contribution in [2.24, 2.45) is 5.92 Å². The van der Waals surface area contributed by atoms with Crippen LogP contribution in [0, 0.1) is 5.92 Å². The first-order valence-corrected chi connectivity index (χ1v) is 10.0. The van der Waals surface area contributed by atoms with Crippen LogP contribution < -0.4 is 0 Å². The van der Waals surface area contributed by atoms with Crippen molar-refractivity contribution in [1.29, 1.82) is 0 Å². The number of unbranched alkanes of at least 4 members (excludes halogenated alkanes) is 6. The van der Waals surface area contributed by atoms with E-state index < -0.39 is 0 Å². The van der Waals surface area contributed by atoms with Crippen LogP contribution in [-0.2, 0) is 4.43 Å². The number of hydrogen-bond donors (Lipinski definition) is 0. The van der Waals surface area contributed by atoms with Gasteiger partial charge in [-0.05, 0) is 23.8 Å². The third-order valence-corrected chi connectivity index (χ3v) is 6.57. The number of hydrogen-bond acceptors (Lipinski definition) is 1. The van der Waals surface area contributed by atoms with Gasteiger partial charge in [0, 0.05) is 11.9 Å². The second-order valence-electron chi connectivity index (χ2n) is 6.36. The number of alkyl halides is 1. The van der Waals surface area contributed by atoms with Crippen LogP contribution >= 0.6 is 15.9 Å². The molecule has 0 bridgehead atoms. The standard InChI is InChI=1S/C15H33BrOSi.Mg.2H/c1-14(2)15(3,4)18-17-13-11-9-7-5-6-8-10-12-16;;;/h14H,5-13,18H2,1-4H3;;;. The van der Waals surface area contributed by atoms with Gasteiger partial charge in [0.2, 0.25) is 0 Å². The summed E-state index contributed by atoms with van der Waals surface area (Å²) in [5.41, 5.74) is 0. The molecule has 0 spiro atoms. The van der Waals surface area contributed by atoms with Crippen LogP contribution in [0.2, 0.25) is 5.04 Å². The zero-order valence-electron chi connectivity index (χ0n) is 12.9. The van der Waals surface area contributed by atoms with Gasteiger partial charge in [0.15, 0.2) is 9.76 Å². The Labute approximate surface area is 148 Å². The lowest BCUT2D eigenvalue weighted by Gasteiger charge is -2.28. The molecule has 0 aliphatic carbocycles. The zero-order chi connectivity index (χ0) is 13.9. The second kappa shape index (κ2) is 14.4. The van der Waals surface area contributed by atoms with Gasteiger partial charge in [-0.3, -0.25) is 0 Å². The van der Waals surface area contributed by atoms with Gasteiger partial charge in [-0.15, -0.1) is 0 Å². The fraction of sp³-hybridized carbons (Fsp3) is 1.00. The summed E-state index contributed by atoms with van der Waals surface area (Å²) in [6.45, 7) is 10.3. The summed E-state index contributed by atoms with van der Waals surface area (Å²) < 4.78 is 5.94. The summed E-state index contributed by atoms with van der Waals surface area (Å²) in [5, 5.41) is 1.62. The fourth-order valence-corrected chi connectivity index (χ4v) is 3.29. The van der Waals surface area contributed by atoms with E-state index in [1.807, 2.05) is 0 Å². The van der Waals surface area contributed by atoms with Gasteiger partial charge in [0.1, 0.15) is 0 Å². The quantitative estimate of drug-likeness (QED) is 0.287. The molecule has 0 N–H and O–H groups in total. The molecule has 0 fully saturated rings. The predicted octanol–water partition coefficient (Wildman–Crippen LogP) is 4.15. The molecule has 0 aromatic heterocycles. The highest BCUT2D eigenvalue weighted by Gasteiger charge is 2.23. The summed E-state index contributed by atoms with van der Waals surface area (Å²) in [4.78, 5) is 0. The van der Waals surface area contributed by atoms with Gasteiger partial charge in [-0.2, -0.15) is 0 Å². The van der Waals surface area contributed by atoms with Crippen molar-refractivity contribution in [3.8, 4) is 0 Å². The van der Waals surface area contributed by atoms with E-state index in [0.717, 1.165) is 17.9 Å². The van der Waals surface area contributed by atoms with Crippen molar-refractivity contribution >= 4 is 48.7 Å². The molecule has 1 nitrogen and oxygen atoms in total. The molecule has 0 aliphatic rings. The molecule has 4 heteroatoms. The first-order chi connectivity index (χ1) is 8.50. The van der Waals surface area contributed by atoms with Gasteiger partial charge < -0.3 is 4.43 Å². The molecule has 0 aliphatic heterocycles. The summed E-state index contributed by atoms with van der Waals surface area (Å²) >= 11 is 3.47. The number of rotatable bonds is 12. The van der Waals surface area contributed by atoms with Gasteiger partial charge in [0.05, 0.1) is 0 Å². The topological polar surface area (TPSA) is 9.23 Å². The molecular weight excluding hydrogens is 328 g/mol. The molecule has 0 saturated heterocycles. The largest absolute Gasteiger partial charge is 0.423 e. The Kier molecular flexibility index (Phi) is 17.2. The van der Waals surface area contributed by atoms with Crippen LogP contribution in [0.15, 0.2) is 0 Å². The lowest BCUT2D eigenvalue weighted by Crippen LogP contribution is -2.22. The smallest absolute Gasteiger partial charge is 0.316 e. The van der Waals surface area contributed by atoms with E-state index in [9.17, 15) is 0 Å². The van der Waals surface area contributed by atoms with Crippen LogP contribution in [-0.4, -0.2) is 44.8 Å². The first kappa shape index (κ1) is 22.7. The van der Waals surface area contributed by atoms with Crippen molar-refractivity contribution in [3.63, 3.8) is 0 Å². The molecule has 0 aromatic carbocycles. The molecular formula is C15H35BrMgOSi. The third-order valence-electron chi connectivity index (χ3n) is 3.96. The van der Waals surface area contributed by atoms with Crippen LogP contribution in [0.1, 0.15) is 72.6 Å². The Bertz CT molecular complexity index is 189. The Morgan fingerprint density at radius 1 is 0.947 bits per heavy atom. The van der Waals surface area contributed by atoms with E-state index in [1.54, 1.807) is 0 Å². The average molecular weight is 364 g/mol. The molecule has 0 unspecified atom stereocenters. The van der Waals surface area contributed by atoms with E-state index in [0.29, 0.717) is 5.04 Å². The van der Waals surface area contributed by atoms with E-state index >= 15 is 0 Å². The minimum atomic E-state index is -0.364. The van der Waals surface area contributed by atoms with Crippen LogP contribution in [0.25, 0.3) is 0 Å². The van der Waals surface area contributed by atoms with Gasteiger partial charge in [-0.1, -0.05) is 75.7 Å². The highest BCUT2D eigenvalue weighted by Crippen LogP contribution is 2.32. The van der Waals surface area contributed by atoms with Gasteiger partial charge in [0.25, 0.3) is 0 Å². The maximum absolute atomic E-state index is 5.94. The fourth-order valence-electron chi connectivity index (χ4n) is 1.68. The van der Waals surface area contributed by atoms with Crippen molar-refractivity contribution in [2.45, 2.75) is 77.7 Å². The first-order valence-electron chi connectivity index (χ1n) is 7.64. The monoisotopic (exact) mass is 362 g/mol. The SMILES string of the molecule is CC(C)C(C)(C)[SiH2]OCCCCCCCCCBr.[MgH2]. The normalized spacial score (nSPS) is 12.3. The highest BCUT2D eigenvalue weighted by atomic mass is 79.9. The molecule has 0 amide bonds. The number of halogens is 1. The molecule has 19 heavy (non-hydrogen) atoms. The van der Waals surface area contributed by atoms with E-state index in [-0.39, 0.29) is 32.8 Å². The maximum Gasteiger partial charge on any atom is 0.316 e. The van der Waals surface area contributed by atoms with Crippen molar-refractivity contribution in [1.82, 2.24) is 0 Å². The molecule has 0 rings (SSSR count). The second-order valence-corrected chi connectivity index (χ2v) is 9.67. The average Bonchev–Trinajstić information content (AvgIpc) is 2.31. The Morgan fingerprint density at radius 2 is 1.42 bits per heavy atom. The maximum atomic E-state index is 5.94. The molecule has 0 radical (unpaired) electrons. The third kappa shape index (κ3) is 14.1. The Morgan fingerprint density at radius 3 is 1.89 bits per heavy atom. The predicted molar refractivity (Wildman–Crippen MR) is 98.0 cm³/mol. The molecule has 0 heterocycles. The van der Waals surface area contributed by atoms with Gasteiger partial charge in [-0.25, -0.2) is 0 Å². The van der Waals surface area contributed by atoms with E-state index in [2.05, 4.69) is 43.6 Å².